The van der Waals surface area contributed by atoms with Gasteiger partial charge in [0, 0.05) is 13.0 Å². The lowest BCUT2D eigenvalue weighted by Gasteiger charge is -2.47. The summed E-state index contributed by atoms with van der Waals surface area (Å²) in [5, 5.41) is 9.94. The number of hydrogen-bond donors (Lipinski definition) is 1. The number of β-amino-alcohol motifs (C(OH)–C–C–N with tert-alkyl or cyclic N) is 1. The van der Waals surface area contributed by atoms with Crippen LogP contribution in [0.2, 0.25) is 0 Å². The lowest BCUT2D eigenvalue weighted by molar-refractivity contribution is -0.163. The molecule has 0 spiro atoms. The minimum Gasteiger partial charge on any atom is -0.386 e. The Labute approximate surface area is 108 Å². The molecule has 2 amide bonds. The normalized spacial score (nSPS) is 24.1. The first-order valence-electron chi connectivity index (χ1n) is 6.81. The van der Waals surface area contributed by atoms with Crippen molar-refractivity contribution in [3.05, 3.63) is 0 Å². The van der Waals surface area contributed by atoms with Crippen LogP contribution in [0.3, 0.4) is 0 Å². The Morgan fingerprint density at radius 3 is 2.56 bits per heavy atom. The van der Waals surface area contributed by atoms with Gasteiger partial charge in [0.05, 0.1) is 18.7 Å². The molecule has 0 aromatic carbocycles. The monoisotopic (exact) mass is 254 g/mol. The molecule has 0 aliphatic carbocycles. The molecule has 5 nitrogen and oxygen atoms in total. The summed E-state index contributed by atoms with van der Waals surface area (Å²) in [5.74, 6) is 0.0763. The third-order valence-corrected chi connectivity index (χ3v) is 4.10. The van der Waals surface area contributed by atoms with Crippen molar-refractivity contribution < 1.29 is 14.7 Å². The van der Waals surface area contributed by atoms with Gasteiger partial charge in [-0.1, -0.05) is 13.8 Å². The van der Waals surface area contributed by atoms with Gasteiger partial charge < -0.3 is 14.9 Å². The Hall–Kier alpha value is -1.10. The van der Waals surface area contributed by atoms with E-state index >= 15 is 0 Å². The van der Waals surface area contributed by atoms with E-state index in [1.165, 1.54) is 0 Å². The van der Waals surface area contributed by atoms with E-state index < -0.39 is 5.60 Å². The topological polar surface area (TPSA) is 60.9 Å². The van der Waals surface area contributed by atoms with Crippen molar-refractivity contribution in [2.24, 2.45) is 0 Å². The molecule has 1 N–H and O–H groups in total. The van der Waals surface area contributed by atoms with E-state index in [0.29, 0.717) is 38.9 Å². The van der Waals surface area contributed by atoms with Crippen molar-refractivity contribution in [1.29, 1.82) is 0 Å². The smallest absolute Gasteiger partial charge is 0.245 e. The highest BCUT2D eigenvalue weighted by atomic mass is 16.3. The molecule has 102 valence electrons. The van der Waals surface area contributed by atoms with Crippen molar-refractivity contribution in [3.8, 4) is 0 Å². The van der Waals surface area contributed by atoms with E-state index in [0.717, 1.165) is 6.42 Å². The zero-order valence-electron chi connectivity index (χ0n) is 11.2. The molecule has 2 saturated heterocycles. The molecule has 1 unspecified atom stereocenters. The third-order valence-electron chi connectivity index (χ3n) is 4.10. The molecule has 2 aliphatic rings. The van der Waals surface area contributed by atoms with Gasteiger partial charge in [-0.15, -0.1) is 0 Å². The molecule has 0 aromatic heterocycles. The molecule has 18 heavy (non-hydrogen) atoms. The maximum Gasteiger partial charge on any atom is 0.245 e. The first-order valence-corrected chi connectivity index (χ1v) is 6.81. The molecule has 1 atom stereocenters. The number of aliphatic hydroxyl groups is 1. The lowest BCUT2D eigenvalue weighted by atomic mass is 9.90. The largest absolute Gasteiger partial charge is 0.386 e. The molecule has 0 aromatic rings. The van der Waals surface area contributed by atoms with Crippen LogP contribution < -0.4 is 0 Å². The number of carbonyl (C=O) groups excluding carboxylic acids is 2. The molecule has 2 aliphatic heterocycles. The predicted octanol–water partition coefficient (Wildman–Crippen LogP) is 0.371. The van der Waals surface area contributed by atoms with Crippen LogP contribution in [0.4, 0.5) is 0 Å². The first kappa shape index (κ1) is 13.3. The minimum atomic E-state index is -0.705. The third kappa shape index (κ3) is 2.23. The van der Waals surface area contributed by atoms with Gasteiger partial charge >= 0.3 is 0 Å². The molecule has 5 heteroatoms. The van der Waals surface area contributed by atoms with Crippen LogP contribution in [0.15, 0.2) is 0 Å². The van der Waals surface area contributed by atoms with E-state index in [4.69, 9.17) is 0 Å². The van der Waals surface area contributed by atoms with Crippen LogP contribution in [0.1, 0.15) is 39.5 Å². The number of carbonyl (C=O) groups is 2. The van der Waals surface area contributed by atoms with Crippen LogP contribution in [-0.2, 0) is 9.59 Å². The van der Waals surface area contributed by atoms with Crippen molar-refractivity contribution in [2.75, 3.05) is 19.6 Å². The number of rotatable bonds is 4. The molecule has 2 rings (SSSR count). The van der Waals surface area contributed by atoms with Gasteiger partial charge in [0.25, 0.3) is 0 Å². The van der Waals surface area contributed by atoms with Crippen LogP contribution >= 0.6 is 0 Å². The highest BCUT2D eigenvalue weighted by Gasteiger charge is 2.45. The zero-order valence-corrected chi connectivity index (χ0v) is 11.2. The second-order valence-electron chi connectivity index (χ2n) is 5.39. The Balaban J connectivity index is 1.97. The summed E-state index contributed by atoms with van der Waals surface area (Å²) in [4.78, 5) is 27.4. The summed E-state index contributed by atoms with van der Waals surface area (Å²) in [6.07, 6.45) is 2.71. The SMILES string of the molecule is CCC(C(=O)N1CC(O)(CC)C1)N1CCCC1=O. The fourth-order valence-corrected chi connectivity index (χ4v) is 2.78. The summed E-state index contributed by atoms with van der Waals surface area (Å²) in [7, 11) is 0. The van der Waals surface area contributed by atoms with Crippen LogP contribution in [0, 0.1) is 0 Å². The van der Waals surface area contributed by atoms with Gasteiger partial charge in [0.2, 0.25) is 11.8 Å². The van der Waals surface area contributed by atoms with E-state index in [2.05, 4.69) is 0 Å². The van der Waals surface area contributed by atoms with Crippen molar-refractivity contribution in [2.45, 2.75) is 51.2 Å². The van der Waals surface area contributed by atoms with Gasteiger partial charge in [0.15, 0.2) is 0 Å². The molecular formula is C13H22N2O3. The number of nitrogens with zero attached hydrogens (tertiary/aromatic N) is 2. The van der Waals surface area contributed by atoms with Crippen molar-refractivity contribution in [3.63, 3.8) is 0 Å². The van der Waals surface area contributed by atoms with E-state index in [9.17, 15) is 14.7 Å². The maximum absolute atomic E-state index is 12.3. The quantitative estimate of drug-likeness (QED) is 0.788. The predicted molar refractivity (Wildman–Crippen MR) is 66.8 cm³/mol. The minimum absolute atomic E-state index is 0.00845. The molecule has 2 heterocycles. The summed E-state index contributed by atoms with van der Waals surface area (Å²) in [5.41, 5.74) is -0.705. The lowest BCUT2D eigenvalue weighted by Crippen LogP contribution is -2.66. The average molecular weight is 254 g/mol. The molecule has 2 fully saturated rings. The second-order valence-corrected chi connectivity index (χ2v) is 5.39. The Morgan fingerprint density at radius 2 is 2.11 bits per heavy atom. The number of hydrogen-bond acceptors (Lipinski definition) is 3. The first-order chi connectivity index (χ1) is 8.50. The van der Waals surface area contributed by atoms with Crippen LogP contribution in [0.25, 0.3) is 0 Å². The van der Waals surface area contributed by atoms with E-state index in [-0.39, 0.29) is 17.9 Å². The van der Waals surface area contributed by atoms with Crippen molar-refractivity contribution >= 4 is 11.8 Å². The summed E-state index contributed by atoms with van der Waals surface area (Å²) < 4.78 is 0. The number of amides is 2. The molecule has 0 radical (unpaired) electrons. The zero-order chi connectivity index (χ0) is 13.3. The Bertz CT molecular complexity index is 350. The van der Waals surface area contributed by atoms with Gasteiger partial charge in [-0.3, -0.25) is 9.59 Å². The second kappa shape index (κ2) is 4.88. The van der Waals surface area contributed by atoms with E-state index in [1.54, 1.807) is 9.80 Å². The van der Waals surface area contributed by atoms with Crippen LogP contribution in [-0.4, -0.2) is 58.0 Å². The Morgan fingerprint density at radius 1 is 1.44 bits per heavy atom. The van der Waals surface area contributed by atoms with Crippen molar-refractivity contribution in [1.82, 2.24) is 9.80 Å². The highest BCUT2D eigenvalue weighted by Crippen LogP contribution is 2.27. The molecular weight excluding hydrogens is 232 g/mol. The highest BCUT2D eigenvalue weighted by molar-refractivity contribution is 5.89. The summed E-state index contributed by atoms with van der Waals surface area (Å²) in [6, 6.07) is -0.332. The number of likely N-dealkylation sites (tertiary alicyclic amines) is 2. The van der Waals surface area contributed by atoms with Gasteiger partial charge in [0.1, 0.15) is 6.04 Å². The van der Waals surface area contributed by atoms with Gasteiger partial charge in [-0.05, 0) is 19.3 Å². The molecule has 0 saturated carbocycles. The molecule has 0 bridgehead atoms. The fraction of sp³-hybridized carbons (Fsp3) is 0.846. The summed E-state index contributed by atoms with van der Waals surface area (Å²) in [6.45, 7) is 5.35. The standard InChI is InChI=1S/C13H22N2O3/c1-3-10(15-7-5-6-11(15)16)12(17)14-8-13(18,4-2)9-14/h10,18H,3-9H2,1-2H3. The fourth-order valence-electron chi connectivity index (χ4n) is 2.78. The Kier molecular flexibility index (Phi) is 3.61. The average Bonchev–Trinajstić information content (AvgIpc) is 2.72. The van der Waals surface area contributed by atoms with E-state index in [1.807, 2.05) is 13.8 Å². The van der Waals surface area contributed by atoms with Gasteiger partial charge in [-0.2, -0.15) is 0 Å². The summed E-state index contributed by atoms with van der Waals surface area (Å²) >= 11 is 0. The van der Waals surface area contributed by atoms with Crippen LogP contribution in [0.5, 0.6) is 0 Å². The maximum atomic E-state index is 12.3. The van der Waals surface area contributed by atoms with Gasteiger partial charge in [-0.25, -0.2) is 0 Å².